The molecule has 2 fully saturated rings. The summed E-state index contributed by atoms with van der Waals surface area (Å²) in [6, 6.07) is 14.9. The number of hydrogen-bond acceptors (Lipinski definition) is 7. The zero-order valence-corrected chi connectivity index (χ0v) is 19.8. The summed E-state index contributed by atoms with van der Waals surface area (Å²) in [5, 5.41) is 14.9. The van der Waals surface area contributed by atoms with E-state index >= 15 is 0 Å². The summed E-state index contributed by atoms with van der Waals surface area (Å²) in [7, 11) is 0. The fourth-order valence-corrected chi connectivity index (χ4v) is 5.46. The van der Waals surface area contributed by atoms with Gasteiger partial charge in [0.2, 0.25) is 11.8 Å². The smallest absolute Gasteiger partial charge is 0.256 e. The van der Waals surface area contributed by atoms with Crippen molar-refractivity contribution in [3.8, 4) is 0 Å². The number of hydrogen-bond donors (Lipinski definition) is 2. The molecular formula is C27H27N5O4. The molecule has 5 heterocycles. The Morgan fingerprint density at radius 1 is 1.00 bits per heavy atom. The maximum absolute atomic E-state index is 12.9. The lowest BCUT2D eigenvalue weighted by Crippen LogP contribution is -2.52. The number of rotatable bonds is 4. The third kappa shape index (κ3) is 4.04. The summed E-state index contributed by atoms with van der Waals surface area (Å²) in [6.07, 6.45) is 1.57. The molecule has 0 radical (unpaired) electrons. The molecular weight excluding hydrogens is 458 g/mol. The average Bonchev–Trinajstić information content (AvgIpc) is 3.21. The Bertz CT molecular complexity index is 1380. The van der Waals surface area contributed by atoms with Crippen LogP contribution in [0.2, 0.25) is 0 Å². The van der Waals surface area contributed by atoms with E-state index in [-0.39, 0.29) is 24.8 Å². The molecule has 2 N–H and O–H groups in total. The van der Waals surface area contributed by atoms with E-state index in [9.17, 15) is 19.5 Å². The highest BCUT2D eigenvalue weighted by molar-refractivity contribution is 6.05. The quantitative estimate of drug-likeness (QED) is 0.542. The maximum Gasteiger partial charge on any atom is 0.256 e. The molecule has 2 saturated heterocycles. The molecule has 0 aliphatic carbocycles. The van der Waals surface area contributed by atoms with E-state index < -0.39 is 17.6 Å². The van der Waals surface area contributed by atoms with Crippen LogP contribution in [0.4, 0.5) is 0 Å². The number of aliphatic hydroxyl groups is 1. The van der Waals surface area contributed by atoms with Gasteiger partial charge in [0.15, 0.2) is 0 Å². The minimum Gasteiger partial charge on any atom is -0.383 e. The molecule has 6 rings (SSSR count). The van der Waals surface area contributed by atoms with Gasteiger partial charge in [0.1, 0.15) is 11.6 Å². The Morgan fingerprint density at radius 2 is 1.81 bits per heavy atom. The molecule has 9 heteroatoms. The number of nitrogens with zero attached hydrogens (tertiary/aromatic N) is 4. The number of carbonyl (C=O) groups is 3. The molecule has 3 aliphatic rings. The van der Waals surface area contributed by atoms with Crippen molar-refractivity contribution in [2.45, 2.75) is 50.4 Å². The zero-order chi connectivity index (χ0) is 24.9. The van der Waals surface area contributed by atoms with E-state index in [1.165, 1.54) is 4.90 Å². The van der Waals surface area contributed by atoms with Crippen molar-refractivity contribution in [1.82, 2.24) is 25.1 Å². The van der Waals surface area contributed by atoms with E-state index in [1.54, 1.807) is 12.1 Å². The van der Waals surface area contributed by atoms with Gasteiger partial charge in [0.05, 0.1) is 34.7 Å². The first kappa shape index (κ1) is 22.8. The number of nitrogens with one attached hydrogen (secondary N) is 1. The van der Waals surface area contributed by atoms with Crippen LogP contribution < -0.4 is 5.32 Å². The molecule has 36 heavy (non-hydrogen) atoms. The maximum atomic E-state index is 12.9. The van der Waals surface area contributed by atoms with Crippen LogP contribution in [0.15, 0.2) is 48.5 Å². The number of aromatic nitrogens is 2. The van der Waals surface area contributed by atoms with Crippen molar-refractivity contribution in [3.63, 3.8) is 0 Å². The number of benzene rings is 1. The Morgan fingerprint density at radius 3 is 2.61 bits per heavy atom. The van der Waals surface area contributed by atoms with Crippen molar-refractivity contribution in [1.29, 1.82) is 0 Å². The lowest BCUT2D eigenvalue weighted by molar-refractivity contribution is -0.136. The van der Waals surface area contributed by atoms with E-state index in [0.29, 0.717) is 55.8 Å². The zero-order valence-electron chi connectivity index (χ0n) is 19.8. The monoisotopic (exact) mass is 485 g/mol. The second kappa shape index (κ2) is 8.76. The number of fused-ring (bicyclic) bond motifs is 2. The summed E-state index contributed by atoms with van der Waals surface area (Å²) in [5.74, 6) is -1.02. The summed E-state index contributed by atoms with van der Waals surface area (Å²) in [4.78, 5) is 49.9. The van der Waals surface area contributed by atoms with Gasteiger partial charge in [-0.05, 0) is 43.5 Å². The number of carbonyl (C=O) groups excluding carboxylic acids is 3. The molecule has 3 aliphatic heterocycles. The highest BCUT2D eigenvalue weighted by Crippen LogP contribution is 2.35. The molecule has 2 aromatic heterocycles. The number of pyridine rings is 2. The van der Waals surface area contributed by atoms with E-state index in [0.717, 1.165) is 16.6 Å². The van der Waals surface area contributed by atoms with Gasteiger partial charge in [-0.25, -0.2) is 0 Å². The molecule has 0 bridgehead atoms. The number of amides is 3. The van der Waals surface area contributed by atoms with Crippen molar-refractivity contribution < 1.29 is 19.5 Å². The van der Waals surface area contributed by atoms with Gasteiger partial charge < -0.3 is 10.0 Å². The van der Waals surface area contributed by atoms with Crippen LogP contribution in [0.3, 0.4) is 0 Å². The molecule has 1 aromatic carbocycles. The molecule has 3 amide bonds. The third-order valence-electron chi connectivity index (χ3n) is 7.57. The molecule has 1 unspecified atom stereocenters. The molecule has 3 aromatic rings. The van der Waals surface area contributed by atoms with Crippen LogP contribution in [0.5, 0.6) is 0 Å². The standard InChI is InChI=1S/C27H27N5O4/c33-24-10-8-22(25(34)30-24)32-16-21-19(26(32)35)7-9-23(29-21)27(36)11-13-31(14-12-27)15-18-6-5-17-3-1-2-4-20(17)28-18/h1-7,9,22,36H,8,10-16H2,(H,30,33,34). The molecule has 0 saturated carbocycles. The molecule has 184 valence electrons. The summed E-state index contributed by atoms with van der Waals surface area (Å²) < 4.78 is 0. The Balaban J connectivity index is 1.13. The number of likely N-dealkylation sites (tertiary alicyclic amines) is 1. The van der Waals surface area contributed by atoms with Gasteiger partial charge in [-0.2, -0.15) is 0 Å². The van der Waals surface area contributed by atoms with E-state index in [4.69, 9.17) is 4.98 Å². The van der Waals surface area contributed by atoms with Crippen molar-refractivity contribution in [3.05, 3.63) is 71.2 Å². The van der Waals surface area contributed by atoms with Crippen molar-refractivity contribution in [2.24, 2.45) is 0 Å². The van der Waals surface area contributed by atoms with Crippen LogP contribution in [0.1, 0.15) is 53.1 Å². The predicted octanol–water partition coefficient (Wildman–Crippen LogP) is 1.87. The number of para-hydroxylation sites is 1. The summed E-state index contributed by atoms with van der Waals surface area (Å²) in [5.41, 5.74) is 2.48. The van der Waals surface area contributed by atoms with Crippen LogP contribution in [-0.4, -0.2) is 61.7 Å². The van der Waals surface area contributed by atoms with Gasteiger partial charge in [-0.3, -0.25) is 34.6 Å². The molecule has 0 spiro atoms. The van der Waals surface area contributed by atoms with Gasteiger partial charge in [0.25, 0.3) is 5.91 Å². The minimum absolute atomic E-state index is 0.199. The molecule has 1 atom stereocenters. The first-order valence-electron chi connectivity index (χ1n) is 12.3. The van der Waals surface area contributed by atoms with Crippen LogP contribution in [0.25, 0.3) is 10.9 Å². The van der Waals surface area contributed by atoms with Gasteiger partial charge in [-0.1, -0.05) is 24.3 Å². The third-order valence-corrected chi connectivity index (χ3v) is 7.57. The second-order valence-corrected chi connectivity index (χ2v) is 9.89. The van der Waals surface area contributed by atoms with Crippen LogP contribution in [-0.2, 0) is 28.3 Å². The SMILES string of the molecule is O=C1CCC(N2Cc3nc(C4(O)CCN(Cc5ccc6ccccc6n5)CC4)ccc3C2=O)C(=O)N1. The van der Waals surface area contributed by atoms with E-state index in [2.05, 4.69) is 27.3 Å². The number of piperidine rings is 2. The Labute approximate surface area is 208 Å². The largest absolute Gasteiger partial charge is 0.383 e. The predicted molar refractivity (Wildman–Crippen MR) is 130 cm³/mol. The number of imide groups is 1. The van der Waals surface area contributed by atoms with E-state index in [1.807, 2.05) is 24.3 Å². The fraction of sp³-hybridized carbons (Fsp3) is 0.370. The lowest BCUT2D eigenvalue weighted by Gasteiger charge is -2.37. The highest BCUT2D eigenvalue weighted by Gasteiger charge is 2.41. The van der Waals surface area contributed by atoms with Crippen molar-refractivity contribution in [2.75, 3.05) is 13.1 Å². The summed E-state index contributed by atoms with van der Waals surface area (Å²) >= 11 is 0. The molecule has 9 nitrogen and oxygen atoms in total. The first-order chi connectivity index (χ1) is 17.4. The van der Waals surface area contributed by atoms with Gasteiger partial charge in [-0.15, -0.1) is 0 Å². The Kier molecular flexibility index (Phi) is 5.54. The van der Waals surface area contributed by atoms with Gasteiger partial charge >= 0.3 is 0 Å². The fourth-order valence-electron chi connectivity index (χ4n) is 5.46. The Hall–Kier alpha value is -3.69. The lowest BCUT2D eigenvalue weighted by atomic mass is 9.87. The topological polar surface area (TPSA) is 116 Å². The van der Waals surface area contributed by atoms with Gasteiger partial charge in [0, 0.05) is 31.4 Å². The van der Waals surface area contributed by atoms with Crippen molar-refractivity contribution >= 4 is 28.6 Å². The first-order valence-corrected chi connectivity index (χ1v) is 12.3. The van der Waals surface area contributed by atoms with Crippen LogP contribution >= 0.6 is 0 Å². The average molecular weight is 486 g/mol. The van der Waals surface area contributed by atoms with Crippen LogP contribution in [0, 0.1) is 0 Å². The summed E-state index contributed by atoms with van der Waals surface area (Å²) in [6.45, 7) is 2.31. The highest BCUT2D eigenvalue weighted by atomic mass is 16.3. The second-order valence-electron chi connectivity index (χ2n) is 9.89. The normalized spacial score (nSPS) is 22.1. The minimum atomic E-state index is -1.08.